The van der Waals surface area contributed by atoms with Gasteiger partial charge in [-0.05, 0) is 6.42 Å². The maximum Gasteiger partial charge on any atom is 0.142 e. The molecule has 0 aromatic heterocycles. The smallest absolute Gasteiger partial charge is 0.142 e. The van der Waals surface area contributed by atoms with Crippen molar-refractivity contribution < 1.29 is 5.11 Å². The molecule has 0 aromatic carbocycles. The van der Waals surface area contributed by atoms with Crippen molar-refractivity contribution in [3.05, 3.63) is 4.91 Å². The lowest BCUT2D eigenvalue weighted by Gasteiger charge is -1.99. The van der Waals surface area contributed by atoms with Gasteiger partial charge in [0.25, 0.3) is 0 Å². The zero-order valence-electron chi connectivity index (χ0n) is 4.09. The van der Waals surface area contributed by atoms with Gasteiger partial charge in [0.05, 0.1) is 5.29 Å². The highest BCUT2D eigenvalue weighted by Gasteiger charge is 1.92. The molecule has 0 aliphatic heterocycles. The van der Waals surface area contributed by atoms with Crippen molar-refractivity contribution in [3.63, 3.8) is 0 Å². The zero-order chi connectivity index (χ0) is 5.70. The van der Waals surface area contributed by atoms with E-state index in [2.05, 4.69) is 5.29 Å². The average molecular weight is 104 g/mol. The summed E-state index contributed by atoms with van der Waals surface area (Å²) in [6.07, 6.45) is -0.288. The normalized spacial score (nSPS) is 12.9. The van der Waals surface area contributed by atoms with Crippen molar-refractivity contribution in [2.75, 3.05) is 0 Å². The first kappa shape index (κ1) is 6.36. The Kier molecular flexibility index (Phi) is 3.22. The van der Waals surface area contributed by atoms with Gasteiger partial charge in [-0.2, -0.15) is 0 Å². The lowest BCUT2D eigenvalue weighted by Crippen LogP contribution is -2.21. The Morgan fingerprint density at radius 1 is 2.00 bits per heavy atom. The second-order valence-electron chi connectivity index (χ2n) is 1.14. The second-order valence-corrected chi connectivity index (χ2v) is 1.14. The van der Waals surface area contributed by atoms with E-state index in [1.54, 1.807) is 6.92 Å². The molecular formula is C3H8N2O2. The Morgan fingerprint density at radius 2 is 2.57 bits per heavy atom. The molecule has 0 amide bonds. The maximum atomic E-state index is 9.25. The lowest BCUT2D eigenvalue weighted by molar-refractivity contribution is 0.134. The fourth-order valence-corrected chi connectivity index (χ4v) is 0.152. The highest BCUT2D eigenvalue weighted by atomic mass is 16.3. The Balaban J connectivity index is 2.98. The number of hydrogen-bond acceptors (Lipinski definition) is 3. The molecule has 0 radical (unpaired) electrons. The summed E-state index contributed by atoms with van der Waals surface area (Å²) in [6, 6.07) is 0. The SMILES string of the molecule is CCC(O)NN=O. The average Bonchev–Trinajstić information content (AvgIpc) is 1.68. The van der Waals surface area contributed by atoms with Gasteiger partial charge in [0.1, 0.15) is 6.23 Å². The van der Waals surface area contributed by atoms with Crippen molar-refractivity contribution in [1.82, 2.24) is 5.43 Å². The van der Waals surface area contributed by atoms with E-state index in [-0.39, 0.29) is 0 Å². The molecule has 0 spiro atoms. The minimum atomic E-state index is -0.780. The third-order valence-electron chi connectivity index (χ3n) is 0.588. The highest BCUT2D eigenvalue weighted by Crippen LogP contribution is 1.80. The van der Waals surface area contributed by atoms with E-state index in [1.165, 1.54) is 0 Å². The van der Waals surface area contributed by atoms with Crippen LogP contribution in [0, 0.1) is 4.91 Å². The molecule has 0 saturated heterocycles. The molecule has 4 heteroatoms. The summed E-state index contributed by atoms with van der Waals surface area (Å²) >= 11 is 0. The standard InChI is InChI=1S/C3H8N2O2/c1-2-3(6)4-5-7/h3,6H,2H2,1H3,(H,4,7). The maximum absolute atomic E-state index is 9.25. The van der Waals surface area contributed by atoms with Gasteiger partial charge in [-0.15, -0.1) is 4.91 Å². The van der Waals surface area contributed by atoms with Gasteiger partial charge in [0, 0.05) is 0 Å². The van der Waals surface area contributed by atoms with E-state index >= 15 is 0 Å². The number of rotatable bonds is 3. The summed E-state index contributed by atoms with van der Waals surface area (Å²) in [7, 11) is 0. The molecule has 7 heavy (non-hydrogen) atoms. The van der Waals surface area contributed by atoms with E-state index in [4.69, 9.17) is 5.11 Å². The van der Waals surface area contributed by atoms with Crippen molar-refractivity contribution in [2.45, 2.75) is 19.6 Å². The van der Waals surface area contributed by atoms with Crippen LogP contribution in [0.1, 0.15) is 13.3 Å². The van der Waals surface area contributed by atoms with Crippen molar-refractivity contribution in [1.29, 1.82) is 0 Å². The van der Waals surface area contributed by atoms with Gasteiger partial charge >= 0.3 is 0 Å². The largest absolute Gasteiger partial charge is 0.372 e. The summed E-state index contributed by atoms with van der Waals surface area (Å²) in [4.78, 5) is 9.25. The molecular weight excluding hydrogens is 96.0 g/mol. The Bertz CT molecular complexity index is 56.9. The quantitative estimate of drug-likeness (QED) is 0.300. The van der Waals surface area contributed by atoms with Crippen LogP contribution in [0.2, 0.25) is 0 Å². The molecule has 0 rings (SSSR count). The molecule has 0 saturated carbocycles. The predicted molar refractivity (Wildman–Crippen MR) is 25.2 cm³/mol. The lowest BCUT2D eigenvalue weighted by atomic mass is 10.4. The molecule has 0 bridgehead atoms. The first-order chi connectivity index (χ1) is 3.31. The predicted octanol–water partition coefficient (Wildman–Crippen LogP) is -0.0142. The summed E-state index contributed by atoms with van der Waals surface area (Å²) in [5.74, 6) is 0. The molecule has 1 unspecified atom stereocenters. The van der Waals surface area contributed by atoms with Crippen LogP contribution >= 0.6 is 0 Å². The van der Waals surface area contributed by atoms with Crippen molar-refractivity contribution in [2.24, 2.45) is 5.29 Å². The minimum Gasteiger partial charge on any atom is -0.372 e. The van der Waals surface area contributed by atoms with Crippen LogP contribution in [-0.2, 0) is 0 Å². The summed E-state index contributed by atoms with van der Waals surface area (Å²) < 4.78 is 0. The number of nitrogens with zero attached hydrogens (tertiary/aromatic N) is 1. The molecule has 0 aliphatic rings. The van der Waals surface area contributed by atoms with E-state index in [0.717, 1.165) is 0 Å². The third kappa shape index (κ3) is 3.18. The molecule has 4 nitrogen and oxygen atoms in total. The van der Waals surface area contributed by atoms with E-state index in [1.807, 2.05) is 5.43 Å². The molecule has 42 valence electrons. The Labute approximate surface area is 41.5 Å². The van der Waals surface area contributed by atoms with Crippen molar-refractivity contribution in [3.8, 4) is 0 Å². The number of nitrogens with one attached hydrogen (secondary N) is 1. The van der Waals surface area contributed by atoms with Crippen LogP contribution < -0.4 is 5.43 Å². The van der Waals surface area contributed by atoms with Gasteiger partial charge in [-0.25, -0.2) is 5.43 Å². The van der Waals surface area contributed by atoms with Gasteiger partial charge in [-0.3, -0.25) is 0 Å². The fourth-order valence-electron chi connectivity index (χ4n) is 0.152. The topological polar surface area (TPSA) is 61.7 Å². The van der Waals surface area contributed by atoms with Crippen LogP contribution in [0.15, 0.2) is 5.29 Å². The van der Waals surface area contributed by atoms with E-state index < -0.39 is 6.23 Å². The fraction of sp³-hybridized carbons (Fsp3) is 1.00. The molecule has 0 heterocycles. The second kappa shape index (κ2) is 3.55. The molecule has 0 aromatic rings. The molecule has 1 atom stereocenters. The monoisotopic (exact) mass is 104 g/mol. The number of aliphatic hydroxyl groups excluding tert-OH is 1. The molecule has 2 N–H and O–H groups in total. The van der Waals surface area contributed by atoms with Crippen LogP contribution in [0.4, 0.5) is 0 Å². The van der Waals surface area contributed by atoms with Gasteiger partial charge in [0.15, 0.2) is 0 Å². The summed E-state index contributed by atoms with van der Waals surface area (Å²) in [6.45, 7) is 1.74. The summed E-state index contributed by atoms with van der Waals surface area (Å²) in [5, 5.41) is 10.7. The van der Waals surface area contributed by atoms with Gasteiger partial charge in [0.2, 0.25) is 0 Å². The van der Waals surface area contributed by atoms with Crippen molar-refractivity contribution >= 4 is 0 Å². The van der Waals surface area contributed by atoms with Gasteiger partial charge < -0.3 is 5.11 Å². The highest BCUT2D eigenvalue weighted by molar-refractivity contribution is 4.40. The zero-order valence-corrected chi connectivity index (χ0v) is 4.09. The first-order valence-corrected chi connectivity index (χ1v) is 2.07. The number of hydrogen-bond donors (Lipinski definition) is 2. The summed E-state index contributed by atoms with van der Waals surface area (Å²) in [5.41, 5.74) is 1.92. The minimum absolute atomic E-state index is 0.492. The molecule has 0 fully saturated rings. The van der Waals surface area contributed by atoms with Gasteiger partial charge in [-0.1, -0.05) is 6.92 Å². The van der Waals surface area contributed by atoms with Crippen LogP contribution in [0.5, 0.6) is 0 Å². The number of aliphatic hydroxyl groups is 1. The molecule has 0 aliphatic carbocycles. The third-order valence-corrected chi connectivity index (χ3v) is 0.588. The first-order valence-electron chi connectivity index (χ1n) is 2.07. The van der Waals surface area contributed by atoms with E-state index in [0.29, 0.717) is 6.42 Å². The number of nitroso groups, excluding NO2 is 1. The Hall–Kier alpha value is -0.640. The van der Waals surface area contributed by atoms with Crippen LogP contribution in [0.3, 0.4) is 0 Å². The Morgan fingerprint density at radius 3 is 2.71 bits per heavy atom. The van der Waals surface area contributed by atoms with Crippen LogP contribution in [-0.4, -0.2) is 11.3 Å². The van der Waals surface area contributed by atoms with Crippen LogP contribution in [0.25, 0.3) is 0 Å². The van der Waals surface area contributed by atoms with E-state index in [9.17, 15) is 4.91 Å².